The molecule has 0 radical (unpaired) electrons. The van der Waals surface area contributed by atoms with Gasteiger partial charge in [0.05, 0.1) is 22.9 Å². The van der Waals surface area contributed by atoms with Crippen molar-refractivity contribution in [3.8, 4) is 11.5 Å². The van der Waals surface area contributed by atoms with Crippen LogP contribution in [0.3, 0.4) is 0 Å². The van der Waals surface area contributed by atoms with Gasteiger partial charge in [-0.15, -0.1) is 0 Å². The normalized spacial score (nSPS) is 15.0. The summed E-state index contributed by atoms with van der Waals surface area (Å²) in [5, 5.41) is 1.30. The van der Waals surface area contributed by atoms with Crippen LogP contribution < -0.4 is 14.4 Å². The summed E-state index contributed by atoms with van der Waals surface area (Å²) in [7, 11) is 0. The van der Waals surface area contributed by atoms with E-state index < -0.39 is 0 Å². The molecule has 1 aliphatic heterocycles. The Morgan fingerprint density at radius 2 is 1.43 bits per heavy atom. The van der Waals surface area contributed by atoms with Gasteiger partial charge in [0.1, 0.15) is 6.61 Å². The molecular formula is C35H33ClN2O3S. The summed E-state index contributed by atoms with van der Waals surface area (Å²) >= 11 is 7.38. The smallest absolute Gasteiger partial charge is 0.271 e. The van der Waals surface area contributed by atoms with Gasteiger partial charge in [-0.3, -0.25) is 9.69 Å². The average molecular weight is 597 g/mol. The lowest BCUT2D eigenvalue weighted by Crippen LogP contribution is -2.28. The van der Waals surface area contributed by atoms with Gasteiger partial charge >= 0.3 is 0 Å². The third-order valence-corrected chi connectivity index (χ3v) is 8.07. The minimum atomic E-state index is -0.116. The molecule has 7 heteroatoms. The van der Waals surface area contributed by atoms with E-state index in [9.17, 15) is 4.79 Å². The zero-order valence-corrected chi connectivity index (χ0v) is 25.5. The molecule has 1 fully saturated rings. The van der Waals surface area contributed by atoms with Crippen molar-refractivity contribution < 1.29 is 14.3 Å². The minimum absolute atomic E-state index is 0.116. The first kappa shape index (κ1) is 29.5. The highest BCUT2D eigenvalue weighted by molar-refractivity contribution is 8.19. The molecule has 0 saturated carbocycles. The maximum absolute atomic E-state index is 13.8. The molecule has 0 spiro atoms. The van der Waals surface area contributed by atoms with E-state index in [-0.39, 0.29) is 5.91 Å². The van der Waals surface area contributed by atoms with Gasteiger partial charge < -0.3 is 9.47 Å². The van der Waals surface area contributed by atoms with E-state index in [2.05, 4.69) is 38.1 Å². The Morgan fingerprint density at radius 1 is 0.786 bits per heavy atom. The highest BCUT2D eigenvalue weighted by Gasteiger charge is 2.34. The number of aliphatic imine (C=N–C) groups is 1. The first-order valence-electron chi connectivity index (χ1n) is 14.1. The molecule has 4 aromatic rings. The van der Waals surface area contributed by atoms with Crippen LogP contribution in [0.25, 0.3) is 6.08 Å². The maximum Gasteiger partial charge on any atom is 0.271 e. The van der Waals surface area contributed by atoms with Gasteiger partial charge in [0, 0.05) is 5.02 Å². The molecule has 42 heavy (non-hydrogen) atoms. The molecule has 0 bridgehead atoms. The van der Waals surface area contributed by atoms with Gasteiger partial charge in [0.15, 0.2) is 16.7 Å². The Balaban J connectivity index is 1.44. The molecule has 0 atom stereocenters. The van der Waals surface area contributed by atoms with E-state index in [0.29, 0.717) is 39.8 Å². The number of nitrogens with zero attached hydrogens (tertiary/aromatic N) is 2. The molecule has 0 aromatic heterocycles. The Hall–Kier alpha value is -4.00. The predicted octanol–water partition coefficient (Wildman–Crippen LogP) is 9.25. The van der Waals surface area contributed by atoms with Crippen LogP contribution in [-0.2, 0) is 24.2 Å². The standard InChI is InChI=1S/C35H33ClN2O3S/c1-4-24-9-16-29(17-10-24)37-35-38(30-18-11-25(5-2)12-19-30)34(39)33(42-35)22-27-13-20-31(32(21-27)40-6-3)41-23-26-7-14-28(36)15-8-26/h7-22H,4-6,23H2,1-3H3/b33-22-,37-35?. The molecule has 1 saturated heterocycles. The van der Waals surface area contributed by atoms with E-state index in [1.54, 1.807) is 4.90 Å². The van der Waals surface area contributed by atoms with E-state index in [4.69, 9.17) is 26.1 Å². The zero-order chi connectivity index (χ0) is 29.5. The van der Waals surface area contributed by atoms with Crippen molar-refractivity contribution in [3.63, 3.8) is 0 Å². The number of amides is 1. The van der Waals surface area contributed by atoms with Gasteiger partial charge in [-0.1, -0.05) is 67.9 Å². The van der Waals surface area contributed by atoms with Crippen molar-refractivity contribution in [2.75, 3.05) is 11.5 Å². The van der Waals surface area contributed by atoms with Gasteiger partial charge in [-0.25, -0.2) is 4.99 Å². The molecule has 0 aliphatic carbocycles. The number of anilines is 1. The van der Waals surface area contributed by atoms with Crippen LogP contribution in [0.1, 0.15) is 43.0 Å². The fourth-order valence-electron chi connectivity index (χ4n) is 4.47. The van der Waals surface area contributed by atoms with Gasteiger partial charge in [-0.2, -0.15) is 0 Å². The third kappa shape index (κ3) is 7.07. The van der Waals surface area contributed by atoms with Crippen LogP contribution in [0.15, 0.2) is 101 Å². The SMILES string of the molecule is CCOc1cc(/C=C2\SC(=Nc3ccc(CC)cc3)N(c3ccc(CC)cc3)C2=O)ccc1OCc1ccc(Cl)cc1. The molecule has 5 rings (SSSR count). The quantitative estimate of drug-likeness (QED) is 0.171. The number of hydrogen-bond acceptors (Lipinski definition) is 5. The van der Waals surface area contributed by atoms with E-state index in [1.807, 2.05) is 79.7 Å². The summed E-state index contributed by atoms with van der Waals surface area (Å²) in [5.41, 5.74) is 5.89. The number of thioether (sulfide) groups is 1. The molecule has 4 aromatic carbocycles. The summed E-state index contributed by atoms with van der Waals surface area (Å²) in [6.07, 6.45) is 3.77. The number of halogens is 1. The van der Waals surface area contributed by atoms with Crippen LogP contribution >= 0.6 is 23.4 Å². The number of amidine groups is 1. The molecule has 0 N–H and O–H groups in total. The first-order chi connectivity index (χ1) is 20.5. The maximum atomic E-state index is 13.8. The van der Waals surface area contributed by atoms with Gasteiger partial charge in [0.2, 0.25) is 0 Å². The molecular weight excluding hydrogens is 564 g/mol. The van der Waals surface area contributed by atoms with Crippen LogP contribution in [0.5, 0.6) is 11.5 Å². The zero-order valence-electron chi connectivity index (χ0n) is 24.0. The number of carbonyl (C=O) groups is 1. The molecule has 1 heterocycles. The number of rotatable bonds is 10. The third-order valence-electron chi connectivity index (χ3n) is 6.85. The van der Waals surface area contributed by atoms with E-state index in [0.717, 1.165) is 35.3 Å². The highest BCUT2D eigenvalue weighted by Crippen LogP contribution is 2.38. The van der Waals surface area contributed by atoms with Crippen molar-refractivity contribution in [2.24, 2.45) is 4.99 Å². The Bertz CT molecular complexity index is 1600. The molecule has 0 unspecified atom stereocenters. The number of ether oxygens (including phenoxy) is 2. The second kappa shape index (κ2) is 13.8. The Morgan fingerprint density at radius 3 is 2.07 bits per heavy atom. The lowest BCUT2D eigenvalue weighted by atomic mass is 10.1. The number of carbonyl (C=O) groups excluding carboxylic acids is 1. The topological polar surface area (TPSA) is 51.1 Å². The average Bonchev–Trinajstić information content (AvgIpc) is 3.31. The van der Waals surface area contributed by atoms with Crippen LogP contribution in [0.4, 0.5) is 11.4 Å². The second-order valence-electron chi connectivity index (χ2n) is 9.74. The minimum Gasteiger partial charge on any atom is -0.490 e. The summed E-state index contributed by atoms with van der Waals surface area (Å²) < 4.78 is 12.0. The van der Waals surface area contributed by atoms with Crippen LogP contribution in [0, 0.1) is 0 Å². The second-order valence-corrected chi connectivity index (χ2v) is 11.2. The number of hydrogen-bond donors (Lipinski definition) is 0. The van der Waals surface area contributed by atoms with Crippen LogP contribution in [0.2, 0.25) is 5.02 Å². The van der Waals surface area contributed by atoms with Crippen LogP contribution in [-0.4, -0.2) is 17.7 Å². The number of aryl methyl sites for hydroxylation is 2. The Labute approximate surface area is 256 Å². The first-order valence-corrected chi connectivity index (χ1v) is 15.3. The van der Waals surface area contributed by atoms with Crippen molar-refractivity contribution in [2.45, 2.75) is 40.2 Å². The molecule has 1 amide bonds. The fourth-order valence-corrected chi connectivity index (χ4v) is 5.60. The molecule has 1 aliphatic rings. The largest absolute Gasteiger partial charge is 0.490 e. The lowest BCUT2D eigenvalue weighted by molar-refractivity contribution is -0.113. The van der Waals surface area contributed by atoms with E-state index in [1.165, 1.54) is 22.9 Å². The summed E-state index contributed by atoms with van der Waals surface area (Å²) in [6, 6.07) is 29.5. The summed E-state index contributed by atoms with van der Waals surface area (Å²) in [5.74, 6) is 1.14. The Kier molecular flexibility index (Phi) is 9.67. The summed E-state index contributed by atoms with van der Waals surface area (Å²) in [6.45, 7) is 7.05. The highest BCUT2D eigenvalue weighted by atomic mass is 35.5. The van der Waals surface area contributed by atoms with Gasteiger partial charge in [0.25, 0.3) is 5.91 Å². The van der Waals surface area contributed by atoms with Crippen molar-refractivity contribution >= 4 is 51.9 Å². The van der Waals surface area contributed by atoms with Crippen molar-refractivity contribution in [1.29, 1.82) is 0 Å². The summed E-state index contributed by atoms with van der Waals surface area (Å²) in [4.78, 5) is 21.0. The monoisotopic (exact) mass is 596 g/mol. The lowest BCUT2D eigenvalue weighted by Gasteiger charge is -2.16. The van der Waals surface area contributed by atoms with Gasteiger partial charge in [-0.05, 0) is 108 Å². The van der Waals surface area contributed by atoms with Crippen molar-refractivity contribution in [3.05, 3.63) is 123 Å². The molecule has 5 nitrogen and oxygen atoms in total. The fraction of sp³-hybridized carbons (Fsp3) is 0.200. The predicted molar refractivity (Wildman–Crippen MR) is 175 cm³/mol. The van der Waals surface area contributed by atoms with E-state index >= 15 is 0 Å². The molecule has 214 valence electrons. The van der Waals surface area contributed by atoms with Crippen molar-refractivity contribution in [1.82, 2.24) is 0 Å². The number of benzene rings is 4.